The Bertz CT molecular complexity index is 537. The lowest BCUT2D eigenvalue weighted by Gasteiger charge is -2.20. The van der Waals surface area contributed by atoms with E-state index in [1.165, 1.54) is 6.08 Å². The number of carbonyl (C=O) groups is 2. The van der Waals surface area contributed by atoms with Gasteiger partial charge in [-0.15, -0.1) is 6.58 Å². The molecule has 0 atom stereocenters. The molecular weight excluding hydrogens is 287 g/mol. The molecule has 1 rings (SSSR count). The van der Waals surface area contributed by atoms with Crippen molar-refractivity contribution in [2.75, 3.05) is 19.7 Å². The first-order chi connectivity index (χ1) is 9.90. The number of rotatable bonds is 6. The fraction of sp³-hybridized carbons (Fsp3) is 0.286. The highest BCUT2D eigenvalue weighted by molar-refractivity contribution is 5.96. The van der Waals surface area contributed by atoms with E-state index >= 15 is 0 Å². The van der Waals surface area contributed by atoms with Gasteiger partial charge in [0.05, 0.1) is 6.61 Å². The molecule has 0 bridgehead atoms. The summed E-state index contributed by atoms with van der Waals surface area (Å²) in [5, 5.41) is 0. The molecule has 0 aliphatic carbocycles. The average Bonchev–Trinajstić information content (AvgIpc) is 2.43. The van der Waals surface area contributed by atoms with Crippen LogP contribution in [0.2, 0.25) is 0 Å². The van der Waals surface area contributed by atoms with Gasteiger partial charge in [0.15, 0.2) is 17.5 Å². The lowest BCUT2D eigenvalue weighted by atomic mass is 10.1. The average molecular weight is 301 g/mol. The van der Waals surface area contributed by atoms with Crippen LogP contribution in [0.15, 0.2) is 24.8 Å². The first-order valence-electron chi connectivity index (χ1n) is 6.11. The second-order valence-electron chi connectivity index (χ2n) is 4.03. The number of carbonyl (C=O) groups excluding carboxylic acids is 2. The summed E-state index contributed by atoms with van der Waals surface area (Å²) in [6.45, 7) is 4.73. The molecule has 1 aromatic carbocycles. The Labute approximate surface area is 119 Å². The topological polar surface area (TPSA) is 46.6 Å². The third-order valence-electron chi connectivity index (χ3n) is 2.49. The van der Waals surface area contributed by atoms with Crippen molar-refractivity contribution in [3.63, 3.8) is 0 Å². The summed E-state index contributed by atoms with van der Waals surface area (Å²) in [5.41, 5.74) is -0.405. The van der Waals surface area contributed by atoms with Crippen molar-refractivity contribution < 1.29 is 27.5 Å². The molecule has 0 aliphatic rings. The molecule has 1 aromatic rings. The predicted octanol–water partition coefficient (Wildman–Crippen LogP) is 2.30. The van der Waals surface area contributed by atoms with Crippen molar-refractivity contribution >= 4 is 11.9 Å². The summed E-state index contributed by atoms with van der Waals surface area (Å²) in [6.07, 6.45) is 1.34. The summed E-state index contributed by atoms with van der Waals surface area (Å²) in [5.74, 6) is -6.12. The molecule has 0 spiro atoms. The Morgan fingerprint density at radius 2 is 1.86 bits per heavy atom. The predicted molar refractivity (Wildman–Crippen MR) is 69.0 cm³/mol. The van der Waals surface area contributed by atoms with Gasteiger partial charge in [-0.1, -0.05) is 6.08 Å². The van der Waals surface area contributed by atoms with Crippen molar-refractivity contribution in [2.45, 2.75) is 6.92 Å². The molecule has 0 aromatic heterocycles. The maximum Gasteiger partial charge on any atom is 0.325 e. The number of benzene rings is 1. The maximum atomic E-state index is 13.1. The fourth-order valence-corrected chi connectivity index (χ4v) is 1.60. The van der Waals surface area contributed by atoms with E-state index in [-0.39, 0.29) is 13.2 Å². The highest BCUT2D eigenvalue weighted by atomic mass is 19.2. The zero-order valence-electron chi connectivity index (χ0n) is 11.4. The first-order valence-corrected chi connectivity index (χ1v) is 6.11. The quantitative estimate of drug-likeness (QED) is 0.460. The van der Waals surface area contributed by atoms with Gasteiger partial charge in [-0.25, -0.2) is 13.2 Å². The molecule has 7 heteroatoms. The molecular formula is C14H14F3NO3. The van der Waals surface area contributed by atoms with E-state index in [2.05, 4.69) is 6.58 Å². The van der Waals surface area contributed by atoms with Crippen molar-refractivity contribution in [3.8, 4) is 0 Å². The molecule has 1 amide bonds. The Balaban J connectivity index is 3.00. The number of amides is 1. The molecule has 0 unspecified atom stereocenters. The molecule has 21 heavy (non-hydrogen) atoms. The number of hydrogen-bond acceptors (Lipinski definition) is 3. The van der Waals surface area contributed by atoms with E-state index in [1.807, 2.05) is 0 Å². The van der Waals surface area contributed by atoms with Crippen molar-refractivity contribution in [1.82, 2.24) is 4.90 Å². The van der Waals surface area contributed by atoms with Crippen LogP contribution >= 0.6 is 0 Å². The zero-order valence-corrected chi connectivity index (χ0v) is 11.4. The van der Waals surface area contributed by atoms with E-state index in [9.17, 15) is 22.8 Å². The minimum Gasteiger partial charge on any atom is -0.465 e. The van der Waals surface area contributed by atoms with Gasteiger partial charge < -0.3 is 9.64 Å². The minimum atomic E-state index is -1.66. The summed E-state index contributed by atoms with van der Waals surface area (Å²) in [4.78, 5) is 24.5. The molecule has 0 saturated heterocycles. The largest absolute Gasteiger partial charge is 0.465 e. The Morgan fingerprint density at radius 3 is 2.33 bits per heavy atom. The minimum absolute atomic E-state index is 0.0295. The van der Waals surface area contributed by atoms with E-state index in [1.54, 1.807) is 6.92 Å². The van der Waals surface area contributed by atoms with Crippen LogP contribution in [-0.2, 0) is 9.53 Å². The molecule has 114 valence electrons. The molecule has 4 nitrogen and oxygen atoms in total. The number of ether oxygens (including phenoxy) is 1. The van der Waals surface area contributed by atoms with E-state index in [0.717, 1.165) is 4.90 Å². The molecule has 0 aliphatic heterocycles. The van der Waals surface area contributed by atoms with Crippen LogP contribution in [0, 0.1) is 17.5 Å². The summed E-state index contributed by atoms with van der Waals surface area (Å²) in [7, 11) is 0. The highest BCUT2D eigenvalue weighted by Gasteiger charge is 2.21. The van der Waals surface area contributed by atoms with Gasteiger partial charge in [-0.2, -0.15) is 0 Å². The second-order valence-corrected chi connectivity index (χ2v) is 4.03. The summed E-state index contributed by atoms with van der Waals surface area (Å²) in [6, 6.07) is 1.14. The first kappa shape index (κ1) is 16.7. The van der Waals surface area contributed by atoms with Gasteiger partial charge >= 0.3 is 5.97 Å². The molecule has 0 N–H and O–H groups in total. The van der Waals surface area contributed by atoms with Crippen LogP contribution in [0.25, 0.3) is 0 Å². The third-order valence-corrected chi connectivity index (χ3v) is 2.49. The van der Waals surface area contributed by atoms with Gasteiger partial charge in [0.25, 0.3) is 5.91 Å². The highest BCUT2D eigenvalue weighted by Crippen LogP contribution is 2.15. The number of halogens is 3. The molecule has 0 saturated carbocycles. The Hall–Kier alpha value is -2.31. The van der Waals surface area contributed by atoms with Crippen molar-refractivity contribution in [3.05, 3.63) is 47.8 Å². The van der Waals surface area contributed by atoms with Crippen molar-refractivity contribution in [1.29, 1.82) is 0 Å². The number of esters is 1. The zero-order chi connectivity index (χ0) is 16.0. The number of hydrogen-bond donors (Lipinski definition) is 0. The molecule has 0 radical (unpaired) electrons. The van der Waals surface area contributed by atoms with Gasteiger partial charge in [-0.05, 0) is 19.1 Å². The summed E-state index contributed by atoms with van der Waals surface area (Å²) >= 11 is 0. The lowest BCUT2D eigenvalue weighted by molar-refractivity contribution is -0.143. The monoisotopic (exact) mass is 301 g/mol. The van der Waals surface area contributed by atoms with Gasteiger partial charge in [0, 0.05) is 12.1 Å². The van der Waals surface area contributed by atoms with Crippen LogP contribution in [0.3, 0.4) is 0 Å². The second kappa shape index (κ2) is 7.47. The summed E-state index contributed by atoms with van der Waals surface area (Å²) < 4.78 is 43.8. The van der Waals surface area contributed by atoms with Gasteiger partial charge in [0.2, 0.25) is 0 Å². The van der Waals surface area contributed by atoms with E-state index in [4.69, 9.17) is 4.74 Å². The van der Waals surface area contributed by atoms with Gasteiger partial charge in [0.1, 0.15) is 6.54 Å². The van der Waals surface area contributed by atoms with Crippen LogP contribution in [0.5, 0.6) is 0 Å². The van der Waals surface area contributed by atoms with Crippen LogP contribution in [0.1, 0.15) is 17.3 Å². The normalized spacial score (nSPS) is 10.1. The molecule has 0 heterocycles. The van der Waals surface area contributed by atoms with Gasteiger partial charge in [-0.3, -0.25) is 9.59 Å². The van der Waals surface area contributed by atoms with Crippen molar-refractivity contribution in [2.24, 2.45) is 0 Å². The van der Waals surface area contributed by atoms with E-state index in [0.29, 0.717) is 12.1 Å². The third kappa shape index (κ3) is 4.34. The standard InChI is InChI=1S/C14H14F3NO3/c1-3-5-18(8-12(19)21-4-2)14(20)9-6-10(15)13(17)11(16)7-9/h3,6-7H,1,4-5,8H2,2H3. The number of nitrogens with zero attached hydrogens (tertiary/aromatic N) is 1. The lowest BCUT2D eigenvalue weighted by Crippen LogP contribution is -2.36. The Kier molecular flexibility index (Phi) is 5.95. The maximum absolute atomic E-state index is 13.1. The smallest absolute Gasteiger partial charge is 0.325 e. The van der Waals surface area contributed by atoms with Crippen LogP contribution in [-0.4, -0.2) is 36.5 Å². The molecule has 0 fully saturated rings. The van der Waals surface area contributed by atoms with Crippen LogP contribution in [0.4, 0.5) is 13.2 Å². The SMILES string of the molecule is C=CCN(CC(=O)OCC)C(=O)c1cc(F)c(F)c(F)c1. The Morgan fingerprint density at radius 1 is 1.29 bits per heavy atom. The van der Waals surface area contributed by atoms with Crippen LogP contribution < -0.4 is 0 Å². The fourth-order valence-electron chi connectivity index (χ4n) is 1.60. The van der Waals surface area contributed by atoms with E-state index < -0.39 is 41.4 Å².